The maximum absolute atomic E-state index is 12.1. The molecule has 92 valence electrons. The Kier molecular flexibility index (Phi) is 3.36. The van der Waals surface area contributed by atoms with Crippen LogP contribution in [0.4, 0.5) is 0 Å². The van der Waals surface area contributed by atoms with Crippen molar-refractivity contribution in [3.8, 4) is 5.75 Å². The third-order valence-electron chi connectivity index (χ3n) is 3.62. The van der Waals surface area contributed by atoms with Gasteiger partial charge < -0.3 is 10.4 Å². The van der Waals surface area contributed by atoms with Crippen molar-refractivity contribution in [3.63, 3.8) is 0 Å². The molecule has 0 bridgehead atoms. The van der Waals surface area contributed by atoms with E-state index in [-0.39, 0.29) is 17.1 Å². The van der Waals surface area contributed by atoms with Crippen LogP contribution < -0.4 is 5.32 Å². The molecule has 1 aromatic carbocycles. The number of aromatic hydroxyl groups is 1. The van der Waals surface area contributed by atoms with Crippen LogP contribution in [0.3, 0.4) is 0 Å². The largest absolute Gasteiger partial charge is 0.508 e. The number of rotatable bonds is 3. The number of benzene rings is 1. The zero-order chi connectivity index (χ0) is 12.3. The summed E-state index contributed by atoms with van der Waals surface area (Å²) in [5.41, 5.74) is 0.747. The van der Waals surface area contributed by atoms with E-state index in [0.717, 1.165) is 31.2 Å². The highest BCUT2D eigenvalue weighted by Gasteiger charge is 2.35. The summed E-state index contributed by atoms with van der Waals surface area (Å²) in [7, 11) is 0. The monoisotopic (exact) mass is 233 g/mol. The number of nitrogens with one attached hydrogen (secondary N) is 1. The van der Waals surface area contributed by atoms with Crippen molar-refractivity contribution in [1.29, 1.82) is 0 Å². The van der Waals surface area contributed by atoms with Crippen LogP contribution in [0.1, 0.15) is 38.2 Å². The summed E-state index contributed by atoms with van der Waals surface area (Å²) < 4.78 is 0. The first-order valence-corrected chi connectivity index (χ1v) is 6.16. The third kappa shape index (κ3) is 2.78. The molecular weight excluding hydrogens is 214 g/mol. The van der Waals surface area contributed by atoms with Crippen molar-refractivity contribution in [2.75, 3.05) is 0 Å². The second-order valence-corrected chi connectivity index (χ2v) is 5.12. The molecule has 0 atom stereocenters. The second-order valence-electron chi connectivity index (χ2n) is 5.12. The lowest BCUT2D eigenvalue weighted by Gasteiger charge is -2.22. The van der Waals surface area contributed by atoms with Crippen LogP contribution in [0.5, 0.6) is 5.75 Å². The smallest absolute Gasteiger partial charge is 0.226 e. The summed E-state index contributed by atoms with van der Waals surface area (Å²) in [6, 6.07) is 6.99. The predicted molar refractivity (Wildman–Crippen MR) is 66.5 cm³/mol. The summed E-state index contributed by atoms with van der Waals surface area (Å²) in [4.78, 5) is 12.1. The lowest BCUT2D eigenvalue weighted by Crippen LogP contribution is -2.36. The first kappa shape index (κ1) is 12.0. The number of phenolic OH excluding ortho intramolecular Hbond substituents is 1. The predicted octanol–water partition coefficient (Wildman–Crippen LogP) is 2.59. The Morgan fingerprint density at radius 1 is 1.41 bits per heavy atom. The molecule has 0 aromatic heterocycles. The van der Waals surface area contributed by atoms with E-state index in [4.69, 9.17) is 0 Å². The van der Waals surface area contributed by atoms with E-state index < -0.39 is 0 Å². The van der Waals surface area contributed by atoms with Gasteiger partial charge in [-0.3, -0.25) is 4.79 Å². The van der Waals surface area contributed by atoms with Gasteiger partial charge in [-0.1, -0.05) is 31.9 Å². The van der Waals surface area contributed by atoms with E-state index >= 15 is 0 Å². The molecule has 0 unspecified atom stereocenters. The van der Waals surface area contributed by atoms with E-state index in [9.17, 15) is 9.90 Å². The van der Waals surface area contributed by atoms with Gasteiger partial charge in [0.2, 0.25) is 5.91 Å². The van der Waals surface area contributed by atoms with Crippen LogP contribution in [-0.2, 0) is 11.3 Å². The van der Waals surface area contributed by atoms with E-state index in [0.29, 0.717) is 6.54 Å². The Labute approximate surface area is 102 Å². The highest BCUT2D eigenvalue weighted by Crippen LogP contribution is 2.37. The minimum Gasteiger partial charge on any atom is -0.508 e. The van der Waals surface area contributed by atoms with Gasteiger partial charge in [-0.25, -0.2) is 0 Å². The van der Waals surface area contributed by atoms with Gasteiger partial charge in [0.15, 0.2) is 0 Å². The minimum absolute atomic E-state index is 0.137. The average Bonchev–Trinajstić information content (AvgIpc) is 2.74. The Hall–Kier alpha value is -1.51. The van der Waals surface area contributed by atoms with Gasteiger partial charge in [-0.05, 0) is 30.5 Å². The molecule has 1 saturated carbocycles. The molecule has 17 heavy (non-hydrogen) atoms. The molecule has 2 N–H and O–H groups in total. The standard InChI is InChI=1S/C14H19NO2/c1-14(7-2-3-8-14)13(17)15-10-11-5-4-6-12(16)9-11/h4-6,9,16H,2-3,7-8,10H2,1H3,(H,15,17). The topological polar surface area (TPSA) is 49.3 Å². The van der Waals surface area contributed by atoms with Gasteiger partial charge in [-0.15, -0.1) is 0 Å². The van der Waals surface area contributed by atoms with Crippen molar-refractivity contribution < 1.29 is 9.90 Å². The zero-order valence-electron chi connectivity index (χ0n) is 10.2. The summed E-state index contributed by atoms with van der Waals surface area (Å²) in [6.07, 6.45) is 4.27. The molecule has 0 aliphatic heterocycles. The molecule has 1 aliphatic rings. The number of hydrogen-bond donors (Lipinski definition) is 2. The van der Waals surface area contributed by atoms with Crippen molar-refractivity contribution in [3.05, 3.63) is 29.8 Å². The van der Waals surface area contributed by atoms with Gasteiger partial charge >= 0.3 is 0 Å². The van der Waals surface area contributed by atoms with E-state index in [1.165, 1.54) is 0 Å². The number of amides is 1. The minimum atomic E-state index is -0.184. The fourth-order valence-electron chi connectivity index (χ4n) is 2.44. The highest BCUT2D eigenvalue weighted by molar-refractivity contribution is 5.82. The lowest BCUT2D eigenvalue weighted by molar-refractivity contribution is -0.130. The first-order chi connectivity index (χ1) is 8.10. The van der Waals surface area contributed by atoms with E-state index in [2.05, 4.69) is 5.32 Å². The van der Waals surface area contributed by atoms with Crippen molar-refractivity contribution in [1.82, 2.24) is 5.32 Å². The molecule has 1 amide bonds. The van der Waals surface area contributed by atoms with Crippen molar-refractivity contribution >= 4 is 5.91 Å². The normalized spacial score (nSPS) is 17.9. The second kappa shape index (κ2) is 4.78. The third-order valence-corrected chi connectivity index (χ3v) is 3.62. The van der Waals surface area contributed by atoms with E-state index in [1.807, 2.05) is 13.0 Å². The number of carbonyl (C=O) groups excluding carboxylic acids is 1. The maximum atomic E-state index is 12.1. The van der Waals surface area contributed by atoms with Gasteiger partial charge in [0.1, 0.15) is 5.75 Å². The van der Waals surface area contributed by atoms with Crippen LogP contribution in [0.25, 0.3) is 0 Å². The van der Waals surface area contributed by atoms with Gasteiger partial charge in [0, 0.05) is 12.0 Å². The SMILES string of the molecule is CC1(C(=O)NCc2cccc(O)c2)CCCC1. The number of phenols is 1. The van der Waals surface area contributed by atoms with E-state index in [1.54, 1.807) is 18.2 Å². The van der Waals surface area contributed by atoms with Crippen LogP contribution in [0, 0.1) is 5.41 Å². The Morgan fingerprint density at radius 2 is 2.12 bits per heavy atom. The summed E-state index contributed by atoms with van der Waals surface area (Å²) >= 11 is 0. The van der Waals surface area contributed by atoms with Gasteiger partial charge in [0.05, 0.1) is 0 Å². The fourth-order valence-corrected chi connectivity index (χ4v) is 2.44. The number of hydrogen-bond acceptors (Lipinski definition) is 2. The molecule has 0 saturated heterocycles. The van der Waals surface area contributed by atoms with Crippen LogP contribution in [0.2, 0.25) is 0 Å². The lowest BCUT2D eigenvalue weighted by atomic mass is 9.88. The Morgan fingerprint density at radius 3 is 2.76 bits per heavy atom. The molecule has 3 nitrogen and oxygen atoms in total. The van der Waals surface area contributed by atoms with Crippen LogP contribution in [-0.4, -0.2) is 11.0 Å². The van der Waals surface area contributed by atoms with Gasteiger partial charge in [-0.2, -0.15) is 0 Å². The summed E-state index contributed by atoms with van der Waals surface area (Å²) in [5.74, 6) is 0.377. The molecule has 1 aliphatic carbocycles. The Bertz CT molecular complexity index is 408. The number of carbonyl (C=O) groups is 1. The molecule has 1 aromatic rings. The van der Waals surface area contributed by atoms with Crippen molar-refractivity contribution in [2.24, 2.45) is 5.41 Å². The first-order valence-electron chi connectivity index (χ1n) is 6.16. The quantitative estimate of drug-likeness (QED) is 0.843. The molecule has 0 spiro atoms. The fraction of sp³-hybridized carbons (Fsp3) is 0.500. The van der Waals surface area contributed by atoms with Crippen molar-refractivity contribution in [2.45, 2.75) is 39.2 Å². The molecule has 2 rings (SSSR count). The molecular formula is C14H19NO2. The summed E-state index contributed by atoms with van der Waals surface area (Å²) in [5, 5.41) is 12.3. The molecule has 3 heteroatoms. The van der Waals surface area contributed by atoms with Crippen LogP contribution in [0.15, 0.2) is 24.3 Å². The van der Waals surface area contributed by atoms with Crippen LogP contribution >= 0.6 is 0 Å². The zero-order valence-corrected chi connectivity index (χ0v) is 10.2. The average molecular weight is 233 g/mol. The van der Waals surface area contributed by atoms with Gasteiger partial charge in [0.25, 0.3) is 0 Å². The molecule has 0 radical (unpaired) electrons. The molecule has 1 fully saturated rings. The Balaban J connectivity index is 1.92. The maximum Gasteiger partial charge on any atom is 0.226 e. The summed E-state index contributed by atoms with van der Waals surface area (Å²) in [6.45, 7) is 2.53. The highest BCUT2D eigenvalue weighted by atomic mass is 16.3. The molecule has 0 heterocycles.